The van der Waals surface area contributed by atoms with E-state index in [-0.39, 0.29) is 6.10 Å². The van der Waals surface area contributed by atoms with E-state index in [0.717, 1.165) is 25.1 Å². The molecule has 0 radical (unpaired) electrons. The van der Waals surface area contributed by atoms with Crippen molar-refractivity contribution in [2.75, 3.05) is 0 Å². The van der Waals surface area contributed by atoms with Crippen molar-refractivity contribution < 1.29 is 4.74 Å². The topological polar surface area (TPSA) is 52.0 Å². The van der Waals surface area contributed by atoms with Crippen LogP contribution >= 0.6 is 0 Å². The lowest BCUT2D eigenvalue weighted by molar-refractivity contribution is 0.174. The van der Waals surface area contributed by atoms with Crippen LogP contribution in [0.4, 0.5) is 0 Å². The average Bonchev–Trinajstić information content (AvgIpc) is 3.08. The quantitative estimate of drug-likeness (QED) is 0.915. The number of pyridine rings is 1. The first-order valence-corrected chi connectivity index (χ1v) is 7.50. The zero-order valence-electron chi connectivity index (χ0n) is 12.6. The van der Waals surface area contributed by atoms with E-state index >= 15 is 0 Å². The Bertz CT molecular complexity index is 595. The molecule has 0 unspecified atom stereocenters. The van der Waals surface area contributed by atoms with Crippen LogP contribution in [0.25, 0.3) is 0 Å². The highest BCUT2D eigenvalue weighted by molar-refractivity contribution is 5.21. The summed E-state index contributed by atoms with van der Waals surface area (Å²) in [6.07, 6.45) is 11.2. The molecule has 2 heterocycles. The van der Waals surface area contributed by atoms with Crippen molar-refractivity contribution >= 4 is 0 Å². The third-order valence-corrected chi connectivity index (χ3v) is 4.11. The zero-order chi connectivity index (χ0) is 14.7. The van der Waals surface area contributed by atoms with Crippen molar-refractivity contribution in [2.24, 2.45) is 7.05 Å². The Morgan fingerprint density at radius 1 is 1.38 bits per heavy atom. The van der Waals surface area contributed by atoms with Crippen molar-refractivity contribution in [3.63, 3.8) is 0 Å². The third kappa shape index (κ3) is 3.42. The van der Waals surface area contributed by atoms with Gasteiger partial charge in [0, 0.05) is 32.0 Å². The SMILES string of the molecule is Cc1cnccc1CN[C@H]1CCC[C@H]1Oc1cnn(C)c1. The lowest BCUT2D eigenvalue weighted by Crippen LogP contribution is -2.38. The number of aromatic nitrogens is 3. The molecule has 2 aromatic rings. The highest BCUT2D eigenvalue weighted by Gasteiger charge is 2.28. The molecule has 0 spiro atoms. The highest BCUT2D eigenvalue weighted by atomic mass is 16.5. The molecule has 0 aliphatic heterocycles. The summed E-state index contributed by atoms with van der Waals surface area (Å²) >= 11 is 0. The minimum atomic E-state index is 0.233. The fourth-order valence-electron chi connectivity index (χ4n) is 2.88. The second kappa shape index (κ2) is 6.26. The summed E-state index contributed by atoms with van der Waals surface area (Å²) in [6, 6.07) is 2.48. The summed E-state index contributed by atoms with van der Waals surface area (Å²) in [6.45, 7) is 2.97. The van der Waals surface area contributed by atoms with Crippen molar-refractivity contribution in [1.29, 1.82) is 0 Å². The van der Waals surface area contributed by atoms with E-state index in [2.05, 4.69) is 28.4 Å². The Labute approximate surface area is 125 Å². The van der Waals surface area contributed by atoms with Crippen molar-refractivity contribution in [3.05, 3.63) is 42.0 Å². The summed E-state index contributed by atoms with van der Waals surface area (Å²) in [5.41, 5.74) is 2.53. The van der Waals surface area contributed by atoms with E-state index in [4.69, 9.17) is 4.74 Å². The lowest BCUT2D eigenvalue weighted by Gasteiger charge is -2.22. The maximum Gasteiger partial charge on any atom is 0.157 e. The second-order valence-corrected chi connectivity index (χ2v) is 5.73. The van der Waals surface area contributed by atoms with Crippen molar-refractivity contribution in [3.8, 4) is 5.75 Å². The molecule has 0 saturated heterocycles. The largest absolute Gasteiger partial charge is 0.486 e. The maximum atomic E-state index is 6.07. The van der Waals surface area contributed by atoms with E-state index < -0.39 is 0 Å². The molecule has 0 bridgehead atoms. The number of nitrogens with one attached hydrogen (secondary N) is 1. The molecule has 3 rings (SSSR count). The summed E-state index contributed by atoms with van der Waals surface area (Å²) in [5, 5.41) is 7.79. The molecule has 1 fully saturated rings. The van der Waals surface area contributed by atoms with Crippen LogP contribution in [-0.2, 0) is 13.6 Å². The van der Waals surface area contributed by atoms with Gasteiger partial charge in [-0.3, -0.25) is 9.67 Å². The molecule has 2 atom stereocenters. The molecule has 5 heteroatoms. The first-order valence-electron chi connectivity index (χ1n) is 7.50. The first kappa shape index (κ1) is 14.1. The Hall–Kier alpha value is -1.88. The van der Waals surface area contributed by atoms with Gasteiger partial charge in [0.15, 0.2) is 5.75 Å². The monoisotopic (exact) mass is 286 g/mol. The standard InChI is InChI=1S/C16H22N4O/c1-12-8-17-7-6-13(12)9-18-15-4-3-5-16(15)21-14-10-19-20(2)11-14/h6-8,10-11,15-16,18H,3-5,9H2,1-2H3/t15-,16+/m0/s1. The third-order valence-electron chi connectivity index (χ3n) is 4.11. The molecule has 112 valence electrons. The molecule has 21 heavy (non-hydrogen) atoms. The van der Waals surface area contributed by atoms with Crippen LogP contribution in [0.15, 0.2) is 30.9 Å². The average molecular weight is 286 g/mol. The van der Waals surface area contributed by atoms with Gasteiger partial charge in [-0.2, -0.15) is 5.10 Å². The van der Waals surface area contributed by atoms with Crippen LogP contribution in [0, 0.1) is 6.92 Å². The van der Waals surface area contributed by atoms with Crippen molar-refractivity contribution in [2.45, 2.75) is 44.9 Å². The minimum absolute atomic E-state index is 0.233. The smallest absolute Gasteiger partial charge is 0.157 e. The van der Waals surface area contributed by atoms with Crippen LogP contribution in [0.3, 0.4) is 0 Å². The normalized spacial score (nSPS) is 21.6. The molecule has 1 aliphatic rings. The van der Waals surface area contributed by atoms with Gasteiger partial charge in [-0.1, -0.05) is 0 Å². The van der Waals surface area contributed by atoms with E-state index in [1.807, 2.05) is 25.6 Å². The fraction of sp³-hybridized carbons (Fsp3) is 0.500. The van der Waals surface area contributed by atoms with Gasteiger partial charge in [-0.25, -0.2) is 0 Å². The number of rotatable bonds is 5. The molecular weight excluding hydrogens is 264 g/mol. The first-order chi connectivity index (χ1) is 10.2. The zero-order valence-corrected chi connectivity index (χ0v) is 12.6. The summed E-state index contributed by atoms with van der Waals surface area (Å²) in [7, 11) is 1.91. The highest BCUT2D eigenvalue weighted by Crippen LogP contribution is 2.25. The van der Waals surface area contributed by atoms with Gasteiger partial charge < -0.3 is 10.1 Å². The fourth-order valence-corrected chi connectivity index (χ4v) is 2.88. The molecule has 1 N–H and O–H groups in total. The molecule has 1 saturated carbocycles. The predicted octanol–water partition coefficient (Wildman–Crippen LogP) is 2.21. The van der Waals surface area contributed by atoms with E-state index in [1.54, 1.807) is 10.9 Å². The van der Waals surface area contributed by atoms with Gasteiger partial charge in [-0.05, 0) is 43.4 Å². The number of aryl methyl sites for hydroxylation is 2. The van der Waals surface area contributed by atoms with Crippen LogP contribution in [0.2, 0.25) is 0 Å². The molecule has 1 aliphatic carbocycles. The van der Waals surface area contributed by atoms with Gasteiger partial charge in [0.2, 0.25) is 0 Å². The van der Waals surface area contributed by atoms with Crippen molar-refractivity contribution in [1.82, 2.24) is 20.1 Å². The molecule has 0 amide bonds. The lowest BCUT2D eigenvalue weighted by atomic mass is 10.1. The second-order valence-electron chi connectivity index (χ2n) is 5.73. The van der Waals surface area contributed by atoms with E-state index in [9.17, 15) is 0 Å². The van der Waals surface area contributed by atoms with Crippen LogP contribution in [0.5, 0.6) is 5.75 Å². The molecular formula is C16H22N4O. The Morgan fingerprint density at radius 3 is 3.05 bits per heavy atom. The number of hydrogen-bond acceptors (Lipinski definition) is 4. The Balaban J connectivity index is 1.58. The summed E-state index contributed by atoms with van der Waals surface area (Å²) in [4.78, 5) is 4.14. The molecule has 5 nitrogen and oxygen atoms in total. The Morgan fingerprint density at radius 2 is 2.29 bits per heavy atom. The van der Waals surface area contributed by atoms with E-state index in [1.165, 1.54) is 17.5 Å². The van der Waals surface area contributed by atoms with E-state index in [0.29, 0.717) is 6.04 Å². The summed E-state index contributed by atoms with van der Waals surface area (Å²) < 4.78 is 7.84. The minimum Gasteiger partial charge on any atom is -0.486 e. The van der Waals surface area contributed by atoms with Gasteiger partial charge in [0.25, 0.3) is 0 Å². The number of hydrogen-bond donors (Lipinski definition) is 1. The Kier molecular flexibility index (Phi) is 4.20. The van der Waals surface area contributed by atoms with Crippen LogP contribution < -0.4 is 10.1 Å². The van der Waals surface area contributed by atoms with Gasteiger partial charge in [0.1, 0.15) is 6.10 Å². The summed E-state index contributed by atoms with van der Waals surface area (Å²) in [5.74, 6) is 0.858. The number of ether oxygens (including phenoxy) is 1. The van der Waals surface area contributed by atoms with Crippen LogP contribution in [-0.4, -0.2) is 26.9 Å². The van der Waals surface area contributed by atoms with Crippen LogP contribution in [0.1, 0.15) is 30.4 Å². The maximum absolute atomic E-state index is 6.07. The molecule has 0 aromatic carbocycles. The van der Waals surface area contributed by atoms with Gasteiger partial charge in [0.05, 0.1) is 12.4 Å². The predicted molar refractivity (Wildman–Crippen MR) is 81.1 cm³/mol. The number of nitrogens with zero attached hydrogens (tertiary/aromatic N) is 3. The van der Waals surface area contributed by atoms with Gasteiger partial charge >= 0.3 is 0 Å². The van der Waals surface area contributed by atoms with Gasteiger partial charge in [-0.15, -0.1) is 0 Å². The molecule has 2 aromatic heterocycles.